The quantitative estimate of drug-likeness (QED) is 0.326. The summed E-state index contributed by atoms with van der Waals surface area (Å²) in [5.74, 6) is 0.642. The van der Waals surface area contributed by atoms with Crippen LogP contribution in [0.1, 0.15) is 47.9 Å². The molecule has 36 heavy (non-hydrogen) atoms. The van der Waals surface area contributed by atoms with Gasteiger partial charge in [0.15, 0.2) is 0 Å². The van der Waals surface area contributed by atoms with Gasteiger partial charge in [0, 0.05) is 38.4 Å². The van der Waals surface area contributed by atoms with E-state index in [4.69, 9.17) is 0 Å². The van der Waals surface area contributed by atoms with Gasteiger partial charge in [-0.1, -0.05) is 48.5 Å². The number of piperidine rings is 1. The van der Waals surface area contributed by atoms with Crippen molar-refractivity contribution in [1.82, 2.24) is 4.90 Å². The highest BCUT2D eigenvalue weighted by Crippen LogP contribution is 2.32. The van der Waals surface area contributed by atoms with Crippen molar-refractivity contribution in [2.45, 2.75) is 58.1 Å². The van der Waals surface area contributed by atoms with Crippen LogP contribution in [-0.4, -0.2) is 24.4 Å². The van der Waals surface area contributed by atoms with Gasteiger partial charge in [-0.2, -0.15) is 0 Å². The molecule has 3 aromatic carbocycles. The van der Waals surface area contributed by atoms with Crippen molar-refractivity contribution in [2.75, 3.05) is 18.0 Å². The van der Waals surface area contributed by atoms with E-state index in [1.807, 2.05) is 0 Å². The molecule has 0 N–H and O–H groups in total. The number of aryl methyl sites for hydroxylation is 1. The van der Waals surface area contributed by atoms with E-state index < -0.39 is 6.36 Å². The summed E-state index contributed by atoms with van der Waals surface area (Å²) >= 11 is 0. The molecule has 6 heteroatoms. The first-order chi connectivity index (χ1) is 17.4. The van der Waals surface area contributed by atoms with Gasteiger partial charge in [0.1, 0.15) is 5.75 Å². The van der Waals surface area contributed by atoms with Gasteiger partial charge in [-0.15, -0.1) is 13.2 Å². The first kappa shape index (κ1) is 24.7. The van der Waals surface area contributed by atoms with Crippen LogP contribution in [0.15, 0.2) is 72.8 Å². The van der Waals surface area contributed by atoms with Crippen molar-refractivity contribution < 1.29 is 17.9 Å². The molecule has 1 saturated heterocycles. The van der Waals surface area contributed by atoms with Crippen LogP contribution in [0.25, 0.3) is 0 Å². The highest BCUT2D eigenvalue weighted by Gasteiger charge is 2.31. The van der Waals surface area contributed by atoms with Gasteiger partial charge in [-0.05, 0) is 84.5 Å². The third-order valence-corrected chi connectivity index (χ3v) is 7.44. The number of halogens is 3. The van der Waals surface area contributed by atoms with E-state index in [-0.39, 0.29) is 5.75 Å². The fourth-order valence-corrected chi connectivity index (χ4v) is 5.53. The van der Waals surface area contributed by atoms with Crippen LogP contribution in [0, 0.1) is 5.92 Å². The summed E-state index contributed by atoms with van der Waals surface area (Å²) < 4.78 is 41.1. The predicted molar refractivity (Wildman–Crippen MR) is 137 cm³/mol. The SMILES string of the molecule is FC(F)(F)Oc1ccc(CN2Cc3ccc(N4CCC(CCCc5ccccc5)CC4)cc3C2)cc1. The minimum absolute atomic E-state index is 0.180. The molecule has 0 unspecified atom stereocenters. The number of anilines is 1. The van der Waals surface area contributed by atoms with E-state index in [2.05, 4.69) is 63.1 Å². The normalized spacial score (nSPS) is 16.8. The average molecular weight is 495 g/mol. The number of alkyl halides is 3. The Hall–Kier alpha value is -2.99. The maximum atomic E-state index is 12.4. The van der Waals surface area contributed by atoms with Crippen molar-refractivity contribution in [2.24, 2.45) is 5.92 Å². The van der Waals surface area contributed by atoms with Crippen molar-refractivity contribution in [3.63, 3.8) is 0 Å². The predicted octanol–water partition coefficient (Wildman–Crippen LogP) is 7.34. The summed E-state index contributed by atoms with van der Waals surface area (Å²) in [5, 5.41) is 0. The standard InChI is InChI=1S/C30H33F3N2O/c31-30(32,33)36-29-13-9-25(10-14-29)20-34-21-26-11-12-28(19-27(26)22-34)35-17-15-24(16-18-35)8-4-7-23-5-2-1-3-6-23/h1-3,5-6,9-14,19,24H,4,7-8,15-18,20-22H2. The highest BCUT2D eigenvalue weighted by atomic mass is 19.4. The molecule has 2 heterocycles. The summed E-state index contributed by atoms with van der Waals surface area (Å²) in [6.07, 6.45) is 1.60. The van der Waals surface area contributed by atoms with Crippen LogP contribution >= 0.6 is 0 Å². The lowest BCUT2D eigenvalue weighted by atomic mass is 9.90. The van der Waals surface area contributed by atoms with E-state index in [0.717, 1.165) is 37.7 Å². The molecule has 1 fully saturated rings. The minimum atomic E-state index is -4.66. The topological polar surface area (TPSA) is 15.7 Å². The first-order valence-electron chi connectivity index (χ1n) is 12.9. The van der Waals surface area contributed by atoms with Gasteiger partial charge in [-0.25, -0.2) is 0 Å². The fourth-order valence-electron chi connectivity index (χ4n) is 5.53. The number of hydrogen-bond donors (Lipinski definition) is 0. The second-order valence-electron chi connectivity index (χ2n) is 10.1. The Morgan fingerprint density at radius 2 is 1.53 bits per heavy atom. The van der Waals surface area contributed by atoms with Crippen molar-refractivity contribution in [3.05, 3.63) is 95.1 Å². The third kappa shape index (κ3) is 6.61. The van der Waals surface area contributed by atoms with E-state index in [1.165, 1.54) is 66.6 Å². The number of fused-ring (bicyclic) bond motifs is 1. The average Bonchev–Trinajstić information content (AvgIpc) is 3.27. The van der Waals surface area contributed by atoms with Crippen molar-refractivity contribution in [3.8, 4) is 5.75 Å². The van der Waals surface area contributed by atoms with Crippen molar-refractivity contribution in [1.29, 1.82) is 0 Å². The molecule has 0 amide bonds. The largest absolute Gasteiger partial charge is 0.573 e. The molecule has 3 aromatic rings. The summed E-state index contributed by atoms with van der Waals surface area (Å²) in [7, 11) is 0. The minimum Gasteiger partial charge on any atom is -0.406 e. The van der Waals surface area contributed by atoms with Crippen LogP contribution in [0.2, 0.25) is 0 Å². The van der Waals surface area contributed by atoms with E-state index in [1.54, 1.807) is 12.1 Å². The monoisotopic (exact) mass is 494 g/mol. The molecule has 0 saturated carbocycles. The molecule has 3 nitrogen and oxygen atoms in total. The molecule has 2 aliphatic heterocycles. The maximum absolute atomic E-state index is 12.4. The summed E-state index contributed by atoms with van der Waals surface area (Å²) in [6, 6.07) is 23.8. The zero-order chi connectivity index (χ0) is 25.0. The lowest BCUT2D eigenvalue weighted by Crippen LogP contribution is -2.33. The second-order valence-corrected chi connectivity index (χ2v) is 10.1. The Labute approximate surface area is 211 Å². The molecular formula is C30H33F3N2O. The Morgan fingerprint density at radius 1 is 0.806 bits per heavy atom. The van der Waals surface area contributed by atoms with Crippen LogP contribution < -0.4 is 9.64 Å². The van der Waals surface area contributed by atoms with Gasteiger partial charge in [0.05, 0.1) is 0 Å². The smallest absolute Gasteiger partial charge is 0.406 e. The lowest BCUT2D eigenvalue weighted by molar-refractivity contribution is -0.274. The molecular weight excluding hydrogens is 461 g/mol. The molecule has 0 bridgehead atoms. The van der Waals surface area contributed by atoms with Crippen LogP contribution in [0.4, 0.5) is 18.9 Å². The molecule has 0 aliphatic carbocycles. The number of benzene rings is 3. The van der Waals surface area contributed by atoms with Crippen LogP contribution in [-0.2, 0) is 26.1 Å². The number of ether oxygens (including phenoxy) is 1. The van der Waals surface area contributed by atoms with E-state index in [0.29, 0.717) is 6.54 Å². The van der Waals surface area contributed by atoms with Gasteiger partial charge in [0.25, 0.3) is 0 Å². The zero-order valence-corrected chi connectivity index (χ0v) is 20.5. The molecule has 0 atom stereocenters. The number of hydrogen-bond acceptors (Lipinski definition) is 3. The van der Waals surface area contributed by atoms with E-state index in [9.17, 15) is 13.2 Å². The lowest BCUT2D eigenvalue weighted by Gasteiger charge is -2.34. The molecule has 190 valence electrons. The Kier molecular flexibility index (Phi) is 7.51. The first-order valence-corrected chi connectivity index (χ1v) is 12.9. The van der Waals surface area contributed by atoms with Crippen molar-refractivity contribution >= 4 is 5.69 Å². The van der Waals surface area contributed by atoms with Gasteiger partial charge < -0.3 is 9.64 Å². The van der Waals surface area contributed by atoms with Gasteiger partial charge >= 0.3 is 6.36 Å². The number of rotatable bonds is 8. The van der Waals surface area contributed by atoms with Gasteiger partial charge in [0.2, 0.25) is 0 Å². The highest BCUT2D eigenvalue weighted by molar-refractivity contribution is 5.52. The third-order valence-electron chi connectivity index (χ3n) is 7.44. The van der Waals surface area contributed by atoms with Gasteiger partial charge in [-0.3, -0.25) is 4.90 Å². The Balaban J connectivity index is 1.09. The summed E-state index contributed by atoms with van der Waals surface area (Å²) in [6.45, 7) is 4.65. The van der Waals surface area contributed by atoms with E-state index >= 15 is 0 Å². The fraction of sp³-hybridized carbons (Fsp3) is 0.400. The number of nitrogens with zero attached hydrogens (tertiary/aromatic N) is 2. The summed E-state index contributed by atoms with van der Waals surface area (Å²) in [4.78, 5) is 4.85. The molecule has 5 rings (SSSR count). The van der Waals surface area contributed by atoms with Crippen LogP contribution in [0.3, 0.4) is 0 Å². The molecule has 0 aromatic heterocycles. The molecule has 2 aliphatic rings. The Morgan fingerprint density at radius 3 is 2.25 bits per heavy atom. The maximum Gasteiger partial charge on any atom is 0.573 e. The molecule has 0 radical (unpaired) electrons. The molecule has 0 spiro atoms. The van der Waals surface area contributed by atoms with Crippen LogP contribution in [0.5, 0.6) is 5.75 Å². The Bertz CT molecular complexity index is 1120. The summed E-state index contributed by atoms with van der Waals surface area (Å²) in [5.41, 5.74) is 6.43. The zero-order valence-electron chi connectivity index (χ0n) is 20.5. The second kappa shape index (κ2) is 11.0.